The molecule has 0 radical (unpaired) electrons. The predicted octanol–water partition coefficient (Wildman–Crippen LogP) is 4.15. The Hall–Kier alpha value is -3.41. The Morgan fingerprint density at radius 2 is 1.74 bits per heavy atom. The molecule has 1 aliphatic rings. The van der Waals surface area contributed by atoms with Crippen molar-refractivity contribution in [3.8, 4) is 6.07 Å². The number of aryl methyl sites for hydroxylation is 1. The van der Waals surface area contributed by atoms with Crippen LogP contribution in [0.4, 0.5) is 0 Å². The van der Waals surface area contributed by atoms with Gasteiger partial charge in [-0.15, -0.1) is 0 Å². The van der Waals surface area contributed by atoms with Gasteiger partial charge in [-0.25, -0.2) is 12.4 Å². The summed E-state index contributed by atoms with van der Waals surface area (Å²) in [5.41, 5.74) is 2.32. The highest BCUT2D eigenvalue weighted by molar-refractivity contribution is 7.90. The van der Waals surface area contributed by atoms with Crippen LogP contribution in [0.2, 0.25) is 0 Å². The summed E-state index contributed by atoms with van der Waals surface area (Å²) in [6, 6.07) is 15.8. The lowest BCUT2D eigenvalue weighted by molar-refractivity contribution is 0.103. The first kappa shape index (κ1) is 24.7. The fourth-order valence-corrected chi connectivity index (χ4v) is 6.08. The van der Waals surface area contributed by atoms with E-state index in [0.29, 0.717) is 16.8 Å². The van der Waals surface area contributed by atoms with Crippen LogP contribution in [-0.4, -0.2) is 62.2 Å². The van der Waals surface area contributed by atoms with Gasteiger partial charge in [0.2, 0.25) is 5.78 Å². The first-order valence-corrected chi connectivity index (χ1v) is 13.0. The Morgan fingerprint density at radius 3 is 2.34 bits per heavy atom. The van der Waals surface area contributed by atoms with Gasteiger partial charge in [-0.1, -0.05) is 23.8 Å². The average molecular weight is 491 g/mol. The molecule has 0 spiro atoms. The lowest BCUT2D eigenvalue weighted by atomic mass is 9.89. The Morgan fingerprint density at radius 1 is 1.09 bits per heavy atom. The molecule has 0 unspecified atom stereocenters. The summed E-state index contributed by atoms with van der Waals surface area (Å²) in [6.07, 6.45) is 3.47. The van der Waals surface area contributed by atoms with E-state index in [1.54, 1.807) is 55.4 Å². The van der Waals surface area contributed by atoms with Crippen LogP contribution in [0, 0.1) is 18.3 Å². The number of Topliss-reactive ketones (excluding diaryl/α,β-unsaturated/α-hetero) is 1. The normalized spacial score (nSPS) is 15.8. The highest BCUT2D eigenvalue weighted by Gasteiger charge is 2.29. The van der Waals surface area contributed by atoms with E-state index in [0.717, 1.165) is 41.0 Å². The number of nitrogens with zero attached hydrogens (tertiary/aromatic N) is 4. The van der Waals surface area contributed by atoms with Crippen LogP contribution in [0.15, 0.2) is 65.2 Å². The van der Waals surface area contributed by atoms with Crippen molar-refractivity contribution in [1.29, 1.82) is 5.26 Å². The maximum atomic E-state index is 13.8. The quantitative estimate of drug-likeness (QED) is 0.293. The lowest BCUT2D eigenvalue weighted by Gasteiger charge is -2.29. The summed E-state index contributed by atoms with van der Waals surface area (Å²) in [4.78, 5) is 17.4. The molecular formula is C27H30N4O3S. The van der Waals surface area contributed by atoms with E-state index >= 15 is 0 Å². The summed E-state index contributed by atoms with van der Waals surface area (Å²) in [7, 11) is 1.43. The van der Waals surface area contributed by atoms with E-state index in [-0.39, 0.29) is 16.2 Å². The molecule has 7 nitrogen and oxygen atoms in total. The molecule has 35 heavy (non-hydrogen) atoms. The fraction of sp³-hybridized carbons (Fsp3) is 0.333. The third kappa shape index (κ3) is 4.88. The van der Waals surface area contributed by atoms with Crippen molar-refractivity contribution < 1.29 is 13.2 Å². The molecule has 0 aliphatic carbocycles. The third-order valence-electron chi connectivity index (χ3n) is 6.52. The SMILES string of the molecule is Cc1ccc(S(=O)(=O)n2c(C(=O)C(C#N)=CN(C)C)cc3cc(C4CCN(C)CC4)ccc32)cc1. The molecule has 2 heterocycles. The molecule has 0 saturated carbocycles. The van der Waals surface area contributed by atoms with Crippen LogP contribution in [0.5, 0.6) is 0 Å². The number of carbonyl (C=O) groups is 1. The van der Waals surface area contributed by atoms with E-state index in [2.05, 4.69) is 11.9 Å². The number of benzene rings is 2. The van der Waals surface area contributed by atoms with Crippen molar-refractivity contribution >= 4 is 26.7 Å². The highest BCUT2D eigenvalue weighted by atomic mass is 32.2. The minimum absolute atomic E-state index is 0.0456. The number of likely N-dealkylation sites (tertiary alicyclic amines) is 1. The highest BCUT2D eigenvalue weighted by Crippen LogP contribution is 2.33. The maximum absolute atomic E-state index is 13.8. The molecule has 1 aromatic heterocycles. The van der Waals surface area contributed by atoms with Crippen molar-refractivity contribution in [3.05, 3.63) is 77.1 Å². The number of aromatic nitrogens is 1. The maximum Gasteiger partial charge on any atom is 0.268 e. The van der Waals surface area contributed by atoms with Gasteiger partial charge >= 0.3 is 0 Å². The van der Waals surface area contributed by atoms with E-state index in [1.165, 1.54) is 6.20 Å². The van der Waals surface area contributed by atoms with Crippen molar-refractivity contribution in [1.82, 2.24) is 13.8 Å². The Balaban J connectivity index is 1.91. The second-order valence-electron chi connectivity index (χ2n) is 9.46. The molecule has 0 atom stereocenters. The predicted molar refractivity (Wildman–Crippen MR) is 137 cm³/mol. The van der Waals surface area contributed by atoms with Crippen molar-refractivity contribution in [2.24, 2.45) is 0 Å². The van der Waals surface area contributed by atoms with Crippen molar-refractivity contribution in [2.45, 2.75) is 30.6 Å². The second kappa shape index (κ2) is 9.68. The van der Waals surface area contributed by atoms with Gasteiger partial charge in [0, 0.05) is 25.7 Å². The zero-order valence-electron chi connectivity index (χ0n) is 20.5. The Labute approximate surface area is 206 Å². The number of fused-ring (bicyclic) bond motifs is 1. The van der Waals surface area contributed by atoms with Crippen LogP contribution in [-0.2, 0) is 10.0 Å². The van der Waals surface area contributed by atoms with Gasteiger partial charge in [0.1, 0.15) is 17.3 Å². The molecule has 3 aromatic rings. The van der Waals surface area contributed by atoms with Crippen LogP contribution in [0.1, 0.15) is 40.4 Å². The number of hydrogen-bond acceptors (Lipinski definition) is 6. The largest absolute Gasteiger partial charge is 0.382 e. The van der Waals surface area contributed by atoms with Gasteiger partial charge < -0.3 is 9.80 Å². The number of piperidine rings is 1. The Bertz CT molecular complexity index is 1440. The van der Waals surface area contributed by atoms with Gasteiger partial charge in [0.15, 0.2) is 0 Å². The molecule has 0 amide bonds. The molecule has 2 aromatic carbocycles. The summed E-state index contributed by atoms with van der Waals surface area (Å²) < 4.78 is 28.7. The standard InChI is InChI=1S/C27H30N4O3S/c1-19-5-8-24(9-6-19)35(33,34)31-25-10-7-21(20-11-13-30(4)14-12-20)15-22(25)16-26(31)27(32)23(17-28)18-29(2)3/h5-10,15-16,18,20H,11-14H2,1-4H3. The molecule has 8 heteroatoms. The number of carbonyl (C=O) groups excluding carboxylic acids is 1. The second-order valence-corrected chi connectivity index (χ2v) is 11.2. The van der Waals surface area contributed by atoms with Gasteiger partial charge in [-0.05, 0) is 81.7 Å². The van der Waals surface area contributed by atoms with E-state index in [9.17, 15) is 18.5 Å². The first-order valence-electron chi connectivity index (χ1n) is 11.6. The summed E-state index contributed by atoms with van der Waals surface area (Å²) in [5, 5.41) is 10.3. The van der Waals surface area contributed by atoms with Crippen LogP contribution >= 0.6 is 0 Å². The number of nitriles is 1. The van der Waals surface area contributed by atoms with E-state index < -0.39 is 15.8 Å². The zero-order valence-corrected chi connectivity index (χ0v) is 21.3. The van der Waals surface area contributed by atoms with Crippen LogP contribution < -0.4 is 0 Å². The molecule has 182 valence electrons. The molecule has 4 rings (SSSR count). The average Bonchev–Trinajstić information content (AvgIpc) is 3.22. The van der Waals surface area contributed by atoms with Crippen molar-refractivity contribution in [2.75, 3.05) is 34.2 Å². The Kier molecular flexibility index (Phi) is 6.84. The topological polar surface area (TPSA) is 86.4 Å². The lowest BCUT2D eigenvalue weighted by Crippen LogP contribution is -2.29. The van der Waals surface area contributed by atoms with E-state index in [4.69, 9.17) is 0 Å². The van der Waals surface area contributed by atoms with E-state index in [1.807, 2.05) is 25.1 Å². The number of allylic oxidation sites excluding steroid dienone is 1. The minimum Gasteiger partial charge on any atom is -0.382 e. The smallest absolute Gasteiger partial charge is 0.268 e. The summed E-state index contributed by atoms with van der Waals surface area (Å²) in [6.45, 7) is 3.90. The van der Waals surface area contributed by atoms with Crippen LogP contribution in [0.3, 0.4) is 0 Å². The molecule has 0 N–H and O–H groups in total. The molecular weight excluding hydrogens is 460 g/mol. The van der Waals surface area contributed by atoms with Gasteiger partial charge in [0.05, 0.1) is 10.4 Å². The third-order valence-corrected chi connectivity index (χ3v) is 8.26. The van der Waals surface area contributed by atoms with Gasteiger partial charge in [-0.2, -0.15) is 5.26 Å². The number of rotatable bonds is 6. The van der Waals surface area contributed by atoms with Gasteiger partial charge in [0.25, 0.3) is 10.0 Å². The number of hydrogen-bond donors (Lipinski definition) is 0. The number of ketones is 1. The molecule has 1 saturated heterocycles. The first-order chi connectivity index (χ1) is 16.6. The zero-order chi connectivity index (χ0) is 25.3. The minimum atomic E-state index is -4.09. The summed E-state index contributed by atoms with van der Waals surface area (Å²) >= 11 is 0. The molecule has 1 aliphatic heterocycles. The van der Waals surface area contributed by atoms with Crippen LogP contribution in [0.25, 0.3) is 10.9 Å². The fourth-order valence-electron chi connectivity index (χ4n) is 4.57. The van der Waals surface area contributed by atoms with Gasteiger partial charge in [-0.3, -0.25) is 4.79 Å². The summed E-state index contributed by atoms with van der Waals surface area (Å²) in [5.74, 6) is -0.246. The van der Waals surface area contributed by atoms with Crippen molar-refractivity contribution in [3.63, 3.8) is 0 Å². The molecule has 0 bridgehead atoms. The monoisotopic (exact) mass is 490 g/mol. The molecule has 1 fully saturated rings.